The third kappa shape index (κ3) is 3.87. The van der Waals surface area contributed by atoms with Gasteiger partial charge >= 0.3 is 6.18 Å². The predicted molar refractivity (Wildman–Crippen MR) is 101 cm³/mol. The Morgan fingerprint density at radius 3 is 2.47 bits per heavy atom. The molecule has 3 aromatic rings. The first-order valence-corrected chi connectivity index (χ1v) is 9.33. The molecule has 0 radical (unpaired) electrons. The van der Waals surface area contributed by atoms with Gasteiger partial charge in [-0.25, -0.2) is 0 Å². The Morgan fingerprint density at radius 1 is 1.13 bits per heavy atom. The van der Waals surface area contributed by atoms with Gasteiger partial charge in [-0.3, -0.25) is 4.79 Å². The van der Waals surface area contributed by atoms with Crippen molar-refractivity contribution >= 4 is 5.91 Å². The molecule has 1 aliphatic heterocycles. The minimum absolute atomic E-state index is 0.185. The van der Waals surface area contributed by atoms with Crippen LogP contribution in [0.25, 0.3) is 11.4 Å². The maximum atomic E-state index is 12.9. The van der Waals surface area contributed by atoms with Crippen LogP contribution in [-0.4, -0.2) is 34.6 Å². The summed E-state index contributed by atoms with van der Waals surface area (Å²) in [7, 11) is 1.57. The van der Waals surface area contributed by atoms with Crippen LogP contribution < -0.4 is 4.74 Å². The van der Waals surface area contributed by atoms with Crippen LogP contribution in [0.2, 0.25) is 0 Å². The van der Waals surface area contributed by atoms with Gasteiger partial charge < -0.3 is 14.2 Å². The molecule has 4 rings (SSSR count). The van der Waals surface area contributed by atoms with Gasteiger partial charge in [0.15, 0.2) is 0 Å². The molecule has 6 nitrogen and oxygen atoms in total. The van der Waals surface area contributed by atoms with Gasteiger partial charge in [0.2, 0.25) is 11.7 Å². The SMILES string of the molecule is COc1ccc(-c2noc(C3CCCN3C(=O)c3ccc(C(F)(F)F)cc3)n2)cc1. The van der Waals surface area contributed by atoms with Gasteiger partial charge in [-0.2, -0.15) is 18.2 Å². The summed E-state index contributed by atoms with van der Waals surface area (Å²) in [6, 6.07) is 10.9. The number of likely N-dealkylation sites (tertiary alicyclic amines) is 1. The number of alkyl halides is 3. The highest BCUT2D eigenvalue weighted by Gasteiger charge is 2.35. The molecule has 0 N–H and O–H groups in total. The molecule has 0 spiro atoms. The fourth-order valence-corrected chi connectivity index (χ4v) is 3.46. The van der Waals surface area contributed by atoms with E-state index in [4.69, 9.17) is 9.26 Å². The number of halogens is 3. The molecule has 2 aromatic carbocycles. The van der Waals surface area contributed by atoms with Crippen LogP contribution in [0.15, 0.2) is 53.1 Å². The molecule has 1 amide bonds. The molecule has 1 aliphatic rings. The Morgan fingerprint density at radius 2 is 1.83 bits per heavy atom. The van der Waals surface area contributed by atoms with Gasteiger partial charge in [0, 0.05) is 17.7 Å². The predicted octanol–water partition coefficient (Wildman–Crippen LogP) is 4.74. The second kappa shape index (κ2) is 7.81. The van der Waals surface area contributed by atoms with E-state index in [1.54, 1.807) is 36.3 Å². The summed E-state index contributed by atoms with van der Waals surface area (Å²) in [5.74, 6) is 1.03. The Bertz CT molecular complexity index is 1030. The number of nitrogens with zero attached hydrogens (tertiary/aromatic N) is 3. The Kier molecular flexibility index (Phi) is 5.19. The van der Waals surface area contributed by atoms with Crippen molar-refractivity contribution in [3.05, 3.63) is 65.5 Å². The number of methoxy groups -OCH3 is 1. The second-order valence-corrected chi connectivity index (χ2v) is 6.92. The third-order valence-electron chi connectivity index (χ3n) is 5.05. The van der Waals surface area contributed by atoms with E-state index in [2.05, 4.69) is 10.1 Å². The highest BCUT2D eigenvalue weighted by atomic mass is 19.4. The zero-order chi connectivity index (χ0) is 21.3. The van der Waals surface area contributed by atoms with Crippen molar-refractivity contribution in [2.24, 2.45) is 0 Å². The van der Waals surface area contributed by atoms with Gasteiger partial charge in [-0.1, -0.05) is 5.16 Å². The van der Waals surface area contributed by atoms with Gasteiger partial charge in [0.05, 0.1) is 12.7 Å². The molecule has 1 atom stereocenters. The molecule has 0 bridgehead atoms. The van der Waals surface area contributed by atoms with Crippen LogP contribution in [0.3, 0.4) is 0 Å². The van der Waals surface area contributed by atoms with Crippen LogP contribution in [0, 0.1) is 0 Å². The summed E-state index contributed by atoms with van der Waals surface area (Å²) in [4.78, 5) is 18.9. The van der Waals surface area contributed by atoms with E-state index in [0.29, 0.717) is 30.4 Å². The Hall–Kier alpha value is -3.36. The maximum absolute atomic E-state index is 12.9. The first-order chi connectivity index (χ1) is 14.4. The minimum atomic E-state index is -4.45. The number of carbonyl (C=O) groups is 1. The largest absolute Gasteiger partial charge is 0.497 e. The lowest BCUT2D eigenvalue weighted by Gasteiger charge is -2.22. The number of ether oxygens (including phenoxy) is 1. The monoisotopic (exact) mass is 417 g/mol. The number of hydrogen-bond acceptors (Lipinski definition) is 5. The van der Waals surface area contributed by atoms with Crippen molar-refractivity contribution in [1.82, 2.24) is 15.0 Å². The zero-order valence-electron chi connectivity index (χ0n) is 16.0. The molecule has 1 fully saturated rings. The first-order valence-electron chi connectivity index (χ1n) is 9.33. The van der Waals surface area contributed by atoms with Crippen molar-refractivity contribution in [3.63, 3.8) is 0 Å². The lowest BCUT2D eigenvalue weighted by atomic mass is 10.1. The summed E-state index contributed by atoms with van der Waals surface area (Å²) in [5, 5.41) is 4.00. The normalized spacial score (nSPS) is 16.7. The van der Waals surface area contributed by atoms with Crippen LogP contribution in [0.1, 0.15) is 40.7 Å². The summed E-state index contributed by atoms with van der Waals surface area (Å²) >= 11 is 0. The fraction of sp³-hybridized carbons (Fsp3) is 0.286. The molecule has 1 saturated heterocycles. The molecule has 9 heteroatoms. The zero-order valence-corrected chi connectivity index (χ0v) is 16.0. The lowest BCUT2D eigenvalue weighted by Crippen LogP contribution is -2.30. The first kappa shape index (κ1) is 19.9. The maximum Gasteiger partial charge on any atom is 0.416 e. The molecule has 1 aromatic heterocycles. The molecular weight excluding hydrogens is 399 g/mol. The summed E-state index contributed by atoms with van der Waals surface area (Å²) in [6.45, 7) is 0.463. The minimum Gasteiger partial charge on any atom is -0.497 e. The van der Waals surface area contributed by atoms with Crippen molar-refractivity contribution in [2.75, 3.05) is 13.7 Å². The van der Waals surface area contributed by atoms with E-state index < -0.39 is 17.8 Å². The average Bonchev–Trinajstić information content (AvgIpc) is 3.42. The molecule has 0 saturated carbocycles. The lowest BCUT2D eigenvalue weighted by molar-refractivity contribution is -0.137. The molecule has 30 heavy (non-hydrogen) atoms. The van der Waals surface area contributed by atoms with E-state index in [-0.39, 0.29) is 11.5 Å². The quantitative estimate of drug-likeness (QED) is 0.613. The molecule has 1 unspecified atom stereocenters. The standard InChI is InChI=1S/C21H18F3N3O3/c1-29-16-10-6-13(7-11-16)18-25-19(30-26-18)17-3-2-12-27(17)20(28)14-4-8-15(9-5-14)21(22,23)24/h4-11,17H,2-3,12H2,1H3. The summed E-state index contributed by atoms with van der Waals surface area (Å²) in [5.41, 5.74) is 0.132. The summed E-state index contributed by atoms with van der Waals surface area (Å²) in [6.07, 6.45) is -3.08. The van der Waals surface area contributed by atoms with Crippen LogP contribution in [0.4, 0.5) is 13.2 Å². The van der Waals surface area contributed by atoms with Gasteiger partial charge in [-0.05, 0) is 61.4 Å². The third-order valence-corrected chi connectivity index (χ3v) is 5.05. The highest BCUT2D eigenvalue weighted by Crippen LogP contribution is 2.34. The van der Waals surface area contributed by atoms with Crippen molar-refractivity contribution in [3.8, 4) is 17.1 Å². The fourth-order valence-electron chi connectivity index (χ4n) is 3.46. The second-order valence-electron chi connectivity index (χ2n) is 6.92. The molecule has 156 valence electrons. The van der Waals surface area contributed by atoms with Gasteiger partial charge in [0.1, 0.15) is 11.8 Å². The number of benzene rings is 2. The van der Waals surface area contributed by atoms with Crippen LogP contribution in [-0.2, 0) is 6.18 Å². The Labute approximate surface area is 170 Å². The smallest absolute Gasteiger partial charge is 0.416 e. The van der Waals surface area contributed by atoms with Gasteiger partial charge in [0.25, 0.3) is 5.91 Å². The van der Waals surface area contributed by atoms with Crippen LogP contribution in [0.5, 0.6) is 5.75 Å². The van der Waals surface area contributed by atoms with E-state index >= 15 is 0 Å². The van der Waals surface area contributed by atoms with E-state index in [0.717, 1.165) is 24.1 Å². The van der Waals surface area contributed by atoms with E-state index in [9.17, 15) is 18.0 Å². The number of carbonyl (C=O) groups excluding carboxylic acids is 1. The van der Waals surface area contributed by atoms with Crippen molar-refractivity contribution in [1.29, 1.82) is 0 Å². The number of hydrogen-bond donors (Lipinski definition) is 0. The van der Waals surface area contributed by atoms with Crippen molar-refractivity contribution < 1.29 is 27.2 Å². The molecule has 0 aliphatic carbocycles. The molecule has 2 heterocycles. The molecular formula is C21H18F3N3O3. The van der Waals surface area contributed by atoms with E-state index in [1.165, 1.54) is 12.1 Å². The number of amides is 1. The van der Waals surface area contributed by atoms with Gasteiger partial charge in [-0.15, -0.1) is 0 Å². The number of rotatable bonds is 4. The number of aromatic nitrogens is 2. The highest BCUT2D eigenvalue weighted by molar-refractivity contribution is 5.94. The van der Waals surface area contributed by atoms with E-state index in [1.807, 2.05) is 0 Å². The summed E-state index contributed by atoms with van der Waals surface area (Å²) < 4.78 is 48.8. The topological polar surface area (TPSA) is 68.5 Å². The average molecular weight is 417 g/mol. The Balaban J connectivity index is 1.53. The van der Waals surface area contributed by atoms with Crippen molar-refractivity contribution in [2.45, 2.75) is 25.1 Å². The van der Waals surface area contributed by atoms with Crippen LogP contribution >= 0.6 is 0 Å².